The molecule has 0 saturated heterocycles. The molecular formula is C23H32O2. The van der Waals surface area contributed by atoms with Crippen LogP contribution in [0.1, 0.15) is 77.1 Å². The van der Waals surface area contributed by atoms with Crippen LogP contribution in [0.4, 0.5) is 0 Å². The Bertz CT molecular complexity index is 610. The molecule has 0 unspecified atom stereocenters. The molecular weight excluding hydrogens is 308 g/mol. The first kappa shape index (κ1) is 22.8. The van der Waals surface area contributed by atoms with Crippen LogP contribution in [0.5, 0.6) is 0 Å². The van der Waals surface area contributed by atoms with Crippen molar-refractivity contribution < 1.29 is 9.59 Å². The van der Waals surface area contributed by atoms with E-state index in [0.717, 1.165) is 22.3 Å². The minimum absolute atomic E-state index is 0.0720. The summed E-state index contributed by atoms with van der Waals surface area (Å²) in [6.45, 7) is 15.6. The van der Waals surface area contributed by atoms with Gasteiger partial charge >= 0.3 is 0 Å². The van der Waals surface area contributed by atoms with Crippen molar-refractivity contribution in [3.63, 3.8) is 0 Å². The molecule has 0 N–H and O–H groups in total. The van der Waals surface area contributed by atoms with Gasteiger partial charge in [-0.15, -0.1) is 0 Å². The van der Waals surface area contributed by atoms with Gasteiger partial charge in [-0.3, -0.25) is 9.59 Å². The standard InChI is InChI=1S/C19H20O2.2C2H6/c1-12-7-5-8-13(2)18(12)16(20)11-17(21)19-14(3)9-6-10-15(19)4;2*1-2/h5-10H,11H2,1-4H3;2*1-2H3. The number of carbonyl (C=O) groups is 2. The van der Waals surface area contributed by atoms with Crippen molar-refractivity contribution in [2.24, 2.45) is 0 Å². The van der Waals surface area contributed by atoms with Crippen molar-refractivity contribution >= 4 is 11.6 Å². The van der Waals surface area contributed by atoms with Gasteiger partial charge in [0, 0.05) is 11.1 Å². The lowest BCUT2D eigenvalue weighted by Crippen LogP contribution is -2.13. The summed E-state index contributed by atoms with van der Waals surface area (Å²) in [4.78, 5) is 24.9. The molecule has 2 nitrogen and oxygen atoms in total. The van der Waals surface area contributed by atoms with Crippen LogP contribution in [0.15, 0.2) is 36.4 Å². The smallest absolute Gasteiger partial charge is 0.171 e. The molecule has 0 bridgehead atoms. The van der Waals surface area contributed by atoms with Gasteiger partial charge in [-0.25, -0.2) is 0 Å². The second-order valence-electron chi connectivity index (χ2n) is 5.56. The average Bonchev–Trinajstić information content (AvgIpc) is 2.58. The minimum atomic E-state index is -0.0988. The van der Waals surface area contributed by atoms with Gasteiger partial charge in [0.1, 0.15) is 0 Å². The van der Waals surface area contributed by atoms with Gasteiger partial charge in [-0.1, -0.05) is 64.1 Å². The van der Waals surface area contributed by atoms with Gasteiger partial charge in [-0.2, -0.15) is 0 Å². The van der Waals surface area contributed by atoms with E-state index in [0.29, 0.717) is 11.1 Å². The van der Waals surface area contributed by atoms with Crippen molar-refractivity contribution in [3.8, 4) is 0 Å². The molecule has 0 amide bonds. The molecule has 0 aliphatic heterocycles. The molecule has 2 aromatic rings. The second-order valence-corrected chi connectivity index (χ2v) is 5.56. The Morgan fingerprint density at radius 2 is 0.840 bits per heavy atom. The van der Waals surface area contributed by atoms with E-state index in [1.807, 2.05) is 91.8 Å². The van der Waals surface area contributed by atoms with Gasteiger partial charge < -0.3 is 0 Å². The lowest BCUT2D eigenvalue weighted by molar-refractivity contribution is 0.0893. The van der Waals surface area contributed by atoms with Crippen LogP contribution in [-0.2, 0) is 0 Å². The maximum Gasteiger partial charge on any atom is 0.171 e. The Morgan fingerprint density at radius 3 is 1.08 bits per heavy atom. The van der Waals surface area contributed by atoms with Gasteiger partial charge in [0.15, 0.2) is 11.6 Å². The van der Waals surface area contributed by atoms with E-state index in [1.54, 1.807) is 0 Å². The lowest BCUT2D eigenvalue weighted by Gasteiger charge is -2.10. The Balaban J connectivity index is 0.00000134. The van der Waals surface area contributed by atoms with Crippen LogP contribution in [0.3, 0.4) is 0 Å². The van der Waals surface area contributed by atoms with E-state index in [2.05, 4.69) is 0 Å². The second kappa shape index (κ2) is 11.4. The highest BCUT2D eigenvalue weighted by molar-refractivity contribution is 6.15. The monoisotopic (exact) mass is 340 g/mol. The highest BCUT2D eigenvalue weighted by atomic mass is 16.1. The Morgan fingerprint density at radius 1 is 0.600 bits per heavy atom. The van der Waals surface area contributed by atoms with Crippen molar-refractivity contribution in [2.75, 3.05) is 0 Å². The number of Topliss-reactive ketones (excluding diaryl/α,β-unsaturated/α-hetero) is 2. The van der Waals surface area contributed by atoms with Crippen LogP contribution in [0.2, 0.25) is 0 Å². The van der Waals surface area contributed by atoms with E-state index in [-0.39, 0.29) is 18.0 Å². The highest BCUT2D eigenvalue weighted by Gasteiger charge is 2.19. The summed E-state index contributed by atoms with van der Waals surface area (Å²) in [6, 6.07) is 11.5. The zero-order chi connectivity index (χ0) is 19.6. The molecule has 2 aromatic carbocycles. The fraction of sp³-hybridized carbons (Fsp3) is 0.391. The summed E-state index contributed by atoms with van der Waals surface area (Å²) in [6.07, 6.45) is -0.0720. The normalized spacial score (nSPS) is 9.28. The first-order chi connectivity index (χ1) is 11.9. The number of benzene rings is 2. The van der Waals surface area contributed by atoms with Crippen molar-refractivity contribution in [2.45, 2.75) is 61.8 Å². The number of hydrogen-bond donors (Lipinski definition) is 0. The molecule has 0 spiro atoms. The number of hydrogen-bond acceptors (Lipinski definition) is 2. The summed E-state index contributed by atoms with van der Waals surface area (Å²) in [7, 11) is 0. The van der Waals surface area contributed by atoms with Crippen LogP contribution >= 0.6 is 0 Å². The topological polar surface area (TPSA) is 34.1 Å². The number of ketones is 2. The Labute approximate surface area is 153 Å². The molecule has 0 aliphatic rings. The van der Waals surface area contributed by atoms with E-state index in [9.17, 15) is 9.59 Å². The SMILES string of the molecule is CC.CC.Cc1cccc(C)c1C(=O)CC(=O)c1c(C)cccc1C. The third-order valence-electron chi connectivity index (χ3n) is 3.84. The van der Waals surface area contributed by atoms with Crippen molar-refractivity contribution in [3.05, 3.63) is 69.8 Å². The number of carbonyl (C=O) groups excluding carboxylic acids is 2. The lowest BCUT2D eigenvalue weighted by atomic mass is 9.92. The third kappa shape index (κ3) is 5.97. The minimum Gasteiger partial charge on any atom is -0.294 e. The first-order valence-electron chi connectivity index (χ1n) is 9.10. The van der Waals surface area contributed by atoms with Crippen LogP contribution < -0.4 is 0 Å². The summed E-state index contributed by atoms with van der Waals surface area (Å²) >= 11 is 0. The largest absolute Gasteiger partial charge is 0.294 e. The first-order valence-corrected chi connectivity index (χ1v) is 9.10. The molecule has 0 radical (unpaired) electrons. The van der Waals surface area contributed by atoms with Crippen LogP contribution in [-0.4, -0.2) is 11.6 Å². The average molecular weight is 341 g/mol. The van der Waals surface area contributed by atoms with E-state index >= 15 is 0 Å². The summed E-state index contributed by atoms with van der Waals surface area (Å²) in [5.41, 5.74) is 5.06. The zero-order valence-corrected chi connectivity index (χ0v) is 17.0. The predicted molar refractivity (Wildman–Crippen MR) is 108 cm³/mol. The molecule has 25 heavy (non-hydrogen) atoms. The van der Waals surface area contributed by atoms with Crippen molar-refractivity contribution in [1.29, 1.82) is 0 Å². The van der Waals surface area contributed by atoms with Crippen LogP contribution in [0, 0.1) is 27.7 Å². The van der Waals surface area contributed by atoms with Gasteiger partial charge in [0.05, 0.1) is 6.42 Å². The fourth-order valence-electron chi connectivity index (χ4n) is 2.83. The Hall–Kier alpha value is -2.22. The predicted octanol–water partition coefficient (Wildman–Crippen LogP) is 6.43. The molecule has 0 aliphatic carbocycles. The summed E-state index contributed by atoms with van der Waals surface area (Å²) < 4.78 is 0. The molecule has 2 heteroatoms. The van der Waals surface area contributed by atoms with E-state index in [1.165, 1.54) is 0 Å². The summed E-state index contributed by atoms with van der Waals surface area (Å²) in [5.74, 6) is -0.198. The van der Waals surface area contributed by atoms with Crippen LogP contribution in [0.25, 0.3) is 0 Å². The summed E-state index contributed by atoms with van der Waals surface area (Å²) in [5, 5.41) is 0. The highest BCUT2D eigenvalue weighted by Crippen LogP contribution is 2.20. The van der Waals surface area contributed by atoms with Gasteiger partial charge in [0.25, 0.3) is 0 Å². The molecule has 2 rings (SSSR count). The Kier molecular flexibility index (Phi) is 10.3. The van der Waals surface area contributed by atoms with Gasteiger partial charge in [-0.05, 0) is 49.9 Å². The molecule has 0 aromatic heterocycles. The van der Waals surface area contributed by atoms with Gasteiger partial charge in [0.2, 0.25) is 0 Å². The maximum atomic E-state index is 12.5. The van der Waals surface area contributed by atoms with E-state index < -0.39 is 0 Å². The van der Waals surface area contributed by atoms with E-state index in [4.69, 9.17) is 0 Å². The quantitative estimate of drug-likeness (QED) is 0.475. The number of rotatable bonds is 4. The fourth-order valence-corrected chi connectivity index (χ4v) is 2.83. The molecule has 0 fully saturated rings. The maximum absolute atomic E-state index is 12.5. The number of aryl methyl sites for hydroxylation is 4. The molecule has 136 valence electrons. The third-order valence-corrected chi connectivity index (χ3v) is 3.84. The molecule has 0 saturated carbocycles. The molecule has 0 atom stereocenters. The molecule has 0 heterocycles. The zero-order valence-electron chi connectivity index (χ0n) is 17.0. The van der Waals surface area contributed by atoms with Crippen molar-refractivity contribution in [1.82, 2.24) is 0 Å².